The Bertz CT molecular complexity index is 211. The quantitative estimate of drug-likeness (QED) is 0.566. The minimum atomic E-state index is -0.804. The average Bonchev–Trinajstić information content (AvgIpc) is 2.03. The van der Waals surface area contributed by atoms with E-state index in [0.717, 1.165) is 0 Å². The second-order valence-electron chi connectivity index (χ2n) is 3.42. The van der Waals surface area contributed by atoms with Gasteiger partial charge in [-0.15, -0.1) is 0 Å². The van der Waals surface area contributed by atoms with E-state index in [1.165, 1.54) is 6.92 Å². The van der Waals surface area contributed by atoms with Gasteiger partial charge in [0.05, 0.1) is 16.8 Å². The Labute approximate surface area is 87.0 Å². The molecule has 0 heterocycles. The molecule has 0 aliphatic rings. The van der Waals surface area contributed by atoms with Crippen molar-refractivity contribution in [3.05, 3.63) is 0 Å². The zero-order valence-electron chi connectivity index (χ0n) is 8.39. The standard InChI is InChI=1S/C9H15BrO3/c1-5-13-8(12)9(3,4)7(10)6(2)11/h7H,5H2,1-4H3. The number of carbonyl (C=O) groups excluding carboxylic acids is 2. The van der Waals surface area contributed by atoms with Gasteiger partial charge in [0.15, 0.2) is 0 Å². The molecule has 0 aliphatic heterocycles. The Hall–Kier alpha value is -0.380. The normalized spacial score (nSPS) is 13.6. The van der Waals surface area contributed by atoms with Crippen molar-refractivity contribution in [2.45, 2.75) is 32.5 Å². The lowest BCUT2D eigenvalue weighted by Gasteiger charge is -2.25. The fraction of sp³-hybridized carbons (Fsp3) is 0.778. The van der Waals surface area contributed by atoms with Crippen LogP contribution in [-0.2, 0) is 14.3 Å². The molecule has 0 saturated carbocycles. The summed E-state index contributed by atoms with van der Waals surface area (Å²) in [4.78, 5) is 22.0. The lowest BCUT2D eigenvalue weighted by molar-refractivity contribution is -0.154. The Balaban J connectivity index is 4.54. The molecule has 1 atom stereocenters. The summed E-state index contributed by atoms with van der Waals surface area (Å²) in [6.07, 6.45) is 0. The van der Waals surface area contributed by atoms with Crippen molar-refractivity contribution in [2.24, 2.45) is 5.41 Å². The van der Waals surface area contributed by atoms with Crippen molar-refractivity contribution < 1.29 is 14.3 Å². The van der Waals surface area contributed by atoms with E-state index in [2.05, 4.69) is 15.9 Å². The molecule has 0 aromatic rings. The fourth-order valence-electron chi connectivity index (χ4n) is 0.929. The summed E-state index contributed by atoms with van der Waals surface area (Å²) in [6.45, 7) is 6.89. The maximum atomic E-state index is 11.4. The smallest absolute Gasteiger partial charge is 0.313 e. The number of carbonyl (C=O) groups is 2. The summed E-state index contributed by atoms with van der Waals surface area (Å²) >= 11 is 3.18. The van der Waals surface area contributed by atoms with Crippen LogP contribution in [0.15, 0.2) is 0 Å². The number of esters is 1. The molecule has 0 rings (SSSR count). The van der Waals surface area contributed by atoms with Crippen molar-refractivity contribution in [3.63, 3.8) is 0 Å². The zero-order chi connectivity index (χ0) is 10.6. The Morgan fingerprint density at radius 1 is 1.46 bits per heavy atom. The summed E-state index contributed by atoms with van der Waals surface area (Å²) in [5, 5.41) is 0. The molecular formula is C9H15BrO3. The van der Waals surface area contributed by atoms with E-state index < -0.39 is 10.2 Å². The first-order valence-corrected chi connectivity index (χ1v) is 5.07. The minimum absolute atomic E-state index is 0.0712. The van der Waals surface area contributed by atoms with Gasteiger partial charge in [-0.1, -0.05) is 15.9 Å². The van der Waals surface area contributed by atoms with Crippen LogP contribution in [0.2, 0.25) is 0 Å². The molecule has 0 fully saturated rings. The van der Waals surface area contributed by atoms with Crippen molar-refractivity contribution in [2.75, 3.05) is 6.61 Å². The Kier molecular flexibility index (Phi) is 4.61. The van der Waals surface area contributed by atoms with Crippen LogP contribution in [0.1, 0.15) is 27.7 Å². The van der Waals surface area contributed by atoms with Gasteiger partial charge >= 0.3 is 5.97 Å². The van der Waals surface area contributed by atoms with Gasteiger partial charge in [0, 0.05) is 0 Å². The number of halogens is 1. The third-order valence-corrected chi connectivity index (χ3v) is 3.58. The molecule has 0 aromatic carbocycles. The molecule has 0 amide bonds. The highest BCUT2D eigenvalue weighted by Crippen LogP contribution is 2.29. The van der Waals surface area contributed by atoms with Gasteiger partial charge in [-0.05, 0) is 27.7 Å². The van der Waals surface area contributed by atoms with Crippen LogP contribution < -0.4 is 0 Å². The second-order valence-corrected chi connectivity index (χ2v) is 4.33. The third-order valence-electron chi connectivity index (χ3n) is 1.79. The number of alkyl halides is 1. The number of Topliss-reactive ketones (excluding diaryl/α,β-unsaturated/α-hetero) is 1. The highest BCUT2D eigenvalue weighted by atomic mass is 79.9. The Morgan fingerprint density at radius 3 is 2.23 bits per heavy atom. The number of ketones is 1. The summed E-state index contributed by atoms with van der Waals surface area (Å²) < 4.78 is 4.86. The van der Waals surface area contributed by atoms with E-state index in [1.807, 2.05) is 0 Å². The topological polar surface area (TPSA) is 43.4 Å². The predicted molar refractivity (Wildman–Crippen MR) is 53.8 cm³/mol. The number of ether oxygens (including phenoxy) is 1. The summed E-state index contributed by atoms with van der Waals surface area (Å²) in [7, 11) is 0. The molecule has 0 aromatic heterocycles. The largest absolute Gasteiger partial charge is 0.466 e. The van der Waals surface area contributed by atoms with Gasteiger partial charge in [-0.3, -0.25) is 9.59 Å². The van der Waals surface area contributed by atoms with Gasteiger partial charge in [0.25, 0.3) is 0 Å². The second kappa shape index (κ2) is 4.74. The molecule has 3 nitrogen and oxygen atoms in total. The highest BCUT2D eigenvalue weighted by Gasteiger charge is 2.39. The zero-order valence-corrected chi connectivity index (χ0v) is 9.97. The lowest BCUT2D eigenvalue weighted by atomic mass is 9.87. The molecule has 1 unspecified atom stereocenters. The van der Waals surface area contributed by atoms with Crippen LogP contribution in [0, 0.1) is 5.41 Å². The van der Waals surface area contributed by atoms with Crippen molar-refractivity contribution in [1.82, 2.24) is 0 Å². The van der Waals surface area contributed by atoms with Crippen LogP contribution >= 0.6 is 15.9 Å². The summed E-state index contributed by atoms with van der Waals surface area (Å²) in [5.41, 5.74) is -0.804. The lowest BCUT2D eigenvalue weighted by Crippen LogP contribution is -2.38. The third kappa shape index (κ3) is 3.10. The molecule has 76 valence electrons. The molecule has 0 aliphatic carbocycles. The Morgan fingerprint density at radius 2 is 1.92 bits per heavy atom. The molecule has 4 heteroatoms. The fourth-order valence-corrected chi connectivity index (χ4v) is 1.12. The SMILES string of the molecule is CCOC(=O)C(C)(C)C(Br)C(C)=O. The summed E-state index contributed by atoms with van der Waals surface area (Å²) in [6, 6.07) is 0. The number of rotatable bonds is 4. The number of hydrogen-bond acceptors (Lipinski definition) is 3. The van der Waals surface area contributed by atoms with Crippen molar-refractivity contribution >= 4 is 27.7 Å². The van der Waals surface area contributed by atoms with Crippen LogP contribution in [0.4, 0.5) is 0 Å². The van der Waals surface area contributed by atoms with Crippen LogP contribution in [0.3, 0.4) is 0 Å². The molecule has 0 spiro atoms. The minimum Gasteiger partial charge on any atom is -0.466 e. The summed E-state index contributed by atoms with van der Waals surface area (Å²) in [5.74, 6) is -0.426. The van der Waals surface area contributed by atoms with E-state index >= 15 is 0 Å². The maximum absolute atomic E-state index is 11.4. The first-order chi connectivity index (χ1) is 5.84. The van der Waals surface area contributed by atoms with Crippen molar-refractivity contribution in [3.8, 4) is 0 Å². The molecule has 0 bridgehead atoms. The molecule has 0 saturated heterocycles. The number of hydrogen-bond donors (Lipinski definition) is 0. The van der Waals surface area contributed by atoms with Gasteiger partial charge < -0.3 is 4.74 Å². The van der Waals surface area contributed by atoms with E-state index in [4.69, 9.17) is 4.74 Å². The highest BCUT2D eigenvalue weighted by molar-refractivity contribution is 9.10. The average molecular weight is 251 g/mol. The van der Waals surface area contributed by atoms with Crippen LogP contribution in [0.25, 0.3) is 0 Å². The molecule has 0 radical (unpaired) electrons. The first-order valence-electron chi connectivity index (χ1n) is 4.15. The predicted octanol–water partition coefficient (Wildman–Crippen LogP) is 1.93. The van der Waals surface area contributed by atoms with Gasteiger partial charge in [0.2, 0.25) is 0 Å². The van der Waals surface area contributed by atoms with Gasteiger partial charge in [-0.25, -0.2) is 0 Å². The van der Waals surface area contributed by atoms with E-state index in [0.29, 0.717) is 6.61 Å². The van der Waals surface area contributed by atoms with Crippen molar-refractivity contribution in [1.29, 1.82) is 0 Å². The van der Waals surface area contributed by atoms with Crippen LogP contribution in [-0.4, -0.2) is 23.2 Å². The van der Waals surface area contributed by atoms with Crippen LogP contribution in [0.5, 0.6) is 0 Å². The molecule has 13 heavy (non-hydrogen) atoms. The van der Waals surface area contributed by atoms with Gasteiger partial charge in [0.1, 0.15) is 5.78 Å². The van der Waals surface area contributed by atoms with Gasteiger partial charge in [-0.2, -0.15) is 0 Å². The molecule has 0 N–H and O–H groups in total. The van der Waals surface area contributed by atoms with E-state index in [9.17, 15) is 9.59 Å². The maximum Gasteiger partial charge on any atom is 0.313 e. The molecular weight excluding hydrogens is 236 g/mol. The van der Waals surface area contributed by atoms with E-state index in [-0.39, 0.29) is 11.8 Å². The van der Waals surface area contributed by atoms with E-state index in [1.54, 1.807) is 20.8 Å². The first kappa shape index (κ1) is 12.6. The monoisotopic (exact) mass is 250 g/mol.